The Labute approximate surface area is 135 Å². The maximum atomic E-state index is 13.6. The van der Waals surface area contributed by atoms with E-state index in [9.17, 15) is 9.50 Å². The Morgan fingerprint density at radius 2 is 2.00 bits per heavy atom. The molecule has 1 aliphatic rings. The molecule has 0 heterocycles. The second-order valence-electron chi connectivity index (χ2n) is 6.27. The van der Waals surface area contributed by atoms with Gasteiger partial charge in [-0.1, -0.05) is 30.1 Å². The zero-order valence-corrected chi connectivity index (χ0v) is 13.9. The molecular formula is C16H22Cl2FNO. The molecule has 1 aliphatic carbocycles. The molecular weight excluding hydrogens is 312 g/mol. The smallest absolute Gasteiger partial charge is 0.142 e. The van der Waals surface area contributed by atoms with Crippen molar-refractivity contribution in [2.75, 3.05) is 6.54 Å². The molecule has 0 bridgehead atoms. The van der Waals surface area contributed by atoms with Crippen LogP contribution < -0.4 is 5.32 Å². The van der Waals surface area contributed by atoms with Crippen LogP contribution in [0.1, 0.15) is 51.1 Å². The van der Waals surface area contributed by atoms with Gasteiger partial charge in [0.05, 0.1) is 10.6 Å². The minimum Gasteiger partial charge on any atom is -0.389 e. The molecule has 118 valence electrons. The van der Waals surface area contributed by atoms with Gasteiger partial charge in [-0.15, -0.1) is 0 Å². The Kier molecular flexibility index (Phi) is 5.53. The van der Waals surface area contributed by atoms with E-state index in [1.54, 1.807) is 0 Å². The summed E-state index contributed by atoms with van der Waals surface area (Å²) in [5.74, 6) is 0.199. The molecule has 5 heteroatoms. The van der Waals surface area contributed by atoms with Crippen LogP contribution >= 0.6 is 23.2 Å². The van der Waals surface area contributed by atoms with Crippen LogP contribution in [0, 0.1) is 11.7 Å². The van der Waals surface area contributed by atoms with E-state index in [-0.39, 0.29) is 11.1 Å². The van der Waals surface area contributed by atoms with Crippen LogP contribution in [0.3, 0.4) is 0 Å². The van der Waals surface area contributed by atoms with Crippen LogP contribution in [0.25, 0.3) is 0 Å². The second-order valence-corrected chi connectivity index (χ2v) is 7.05. The molecule has 1 aromatic carbocycles. The summed E-state index contributed by atoms with van der Waals surface area (Å²) in [5, 5.41) is 14.3. The van der Waals surface area contributed by atoms with E-state index in [0.29, 0.717) is 23.0 Å². The standard InChI is InChI=1S/C16H22Cl2FNO/c1-10-5-7-16(21,8-6-10)9-20-11(2)14-12(17)3-4-13(19)15(14)18/h3-4,10-11,20-21H,5-9H2,1-2H3. The average molecular weight is 334 g/mol. The van der Waals surface area contributed by atoms with Gasteiger partial charge in [0.1, 0.15) is 5.82 Å². The summed E-state index contributed by atoms with van der Waals surface area (Å²) in [6.45, 7) is 4.55. The van der Waals surface area contributed by atoms with E-state index in [1.807, 2.05) is 6.92 Å². The summed E-state index contributed by atoms with van der Waals surface area (Å²) in [6, 6.07) is 2.55. The van der Waals surface area contributed by atoms with Crippen molar-refractivity contribution in [3.8, 4) is 0 Å². The highest BCUT2D eigenvalue weighted by molar-refractivity contribution is 6.36. The van der Waals surface area contributed by atoms with Crippen LogP contribution in [0.5, 0.6) is 0 Å². The first-order valence-corrected chi connectivity index (χ1v) is 8.17. The SMILES string of the molecule is CC1CCC(O)(CNC(C)c2c(Cl)ccc(F)c2Cl)CC1. The van der Waals surface area contributed by atoms with Crippen molar-refractivity contribution in [1.82, 2.24) is 5.32 Å². The molecule has 0 spiro atoms. The lowest BCUT2D eigenvalue weighted by molar-refractivity contribution is -0.00783. The van der Waals surface area contributed by atoms with E-state index in [0.717, 1.165) is 25.7 Å². The predicted octanol–water partition coefficient (Wildman–Crippen LogP) is 4.72. The number of hydrogen-bond donors (Lipinski definition) is 2. The van der Waals surface area contributed by atoms with Gasteiger partial charge >= 0.3 is 0 Å². The van der Waals surface area contributed by atoms with Gasteiger partial charge in [-0.05, 0) is 50.7 Å². The largest absolute Gasteiger partial charge is 0.389 e. The predicted molar refractivity (Wildman–Crippen MR) is 85.4 cm³/mol. The minimum atomic E-state index is -0.687. The van der Waals surface area contributed by atoms with Crippen molar-refractivity contribution in [2.45, 2.75) is 51.2 Å². The Morgan fingerprint density at radius 3 is 2.62 bits per heavy atom. The van der Waals surface area contributed by atoms with E-state index >= 15 is 0 Å². The van der Waals surface area contributed by atoms with Crippen molar-refractivity contribution < 1.29 is 9.50 Å². The maximum Gasteiger partial charge on any atom is 0.142 e. The first kappa shape index (κ1) is 17.0. The number of nitrogens with one attached hydrogen (secondary N) is 1. The minimum absolute atomic E-state index is 0.0479. The summed E-state index contributed by atoms with van der Waals surface area (Å²) < 4.78 is 13.6. The third-order valence-corrected chi connectivity index (χ3v) is 5.17. The monoisotopic (exact) mass is 333 g/mol. The number of aliphatic hydroxyl groups is 1. The Hall–Kier alpha value is -0.350. The highest BCUT2D eigenvalue weighted by atomic mass is 35.5. The van der Waals surface area contributed by atoms with Crippen molar-refractivity contribution in [3.05, 3.63) is 33.6 Å². The first-order valence-electron chi connectivity index (χ1n) is 7.41. The first-order chi connectivity index (χ1) is 9.82. The molecule has 2 nitrogen and oxygen atoms in total. The molecule has 21 heavy (non-hydrogen) atoms. The number of benzene rings is 1. The molecule has 1 fully saturated rings. The lowest BCUT2D eigenvalue weighted by Crippen LogP contribution is -2.44. The van der Waals surface area contributed by atoms with Gasteiger partial charge in [-0.3, -0.25) is 0 Å². The quantitative estimate of drug-likeness (QED) is 0.781. The van der Waals surface area contributed by atoms with Crippen molar-refractivity contribution in [1.29, 1.82) is 0 Å². The molecule has 2 N–H and O–H groups in total. The molecule has 2 rings (SSSR count). The number of halogens is 3. The molecule has 1 atom stereocenters. The fraction of sp³-hybridized carbons (Fsp3) is 0.625. The zero-order valence-electron chi connectivity index (χ0n) is 12.4. The van der Waals surface area contributed by atoms with E-state index < -0.39 is 11.4 Å². The van der Waals surface area contributed by atoms with Crippen LogP contribution in [0.2, 0.25) is 10.0 Å². The fourth-order valence-corrected chi connectivity index (χ4v) is 3.56. The van der Waals surface area contributed by atoms with E-state index in [4.69, 9.17) is 23.2 Å². The third kappa shape index (κ3) is 4.10. The van der Waals surface area contributed by atoms with Crippen LogP contribution in [-0.4, -0.2) is 17.3 Å². The third-order valence-electron chi connectivity index (χ3n) is 4.45. The lowest BCUT2D eigenvalue weighted by atomic mass is 9.79. The molecule has 1 unspecified atom stereocenters. The summed E-state index contributed by atoms with van der Waals surface area (Å²) >= 11 is 12.1. The van der Waals surface area contributed by atoms with Gasteiger partial charge in [0.2, 0.25) is 0 Å². The van der Waals surface area contributed by atoms with Gasteiger partial charge < -0.3 is 10.4 Å². The summed E-state index contributed by atoms with van der Waals surface area (Å²) in [4.78, 5) is 0. The summed E-state index contributed by atoms with van der Waals surface area (Å²) in [7, 11) is 0. The Bertz CT molecular complexity index is 501. The molecule has 1 saturated carbocycles. The highest BCUT2D eigenvalue weighted by Crippen LogP contribution is 2.34. The molecule has 0 aromatic heterocycles. The van der Waals surface area contributed by atoms with Crippen LogP contribution in [0.4, 0.5) is 4.39 Å². The number of rotatable bonds is 4. The second kappa shape index (κ2) is 6.82. The van der Waals surface area contributed by atoms with E-state index in [1.165, 1.54) is 12.1 Å². The van der Waals surface area contributed by atoms with Gasteiger partial charge in [-0.25, -0.2) is 4.39 Å². The lowest BCUT2D eigenvalue weighted by Gasteiger charge is -2.36. The molecule has 1 aromatic rings. The highest BCUT2D eigenvalue weighted by Gasteiger charge is 2.32. The van der Waals surface area contributed by atoms with Crippen molar-refractivity contribution in [2.24, 2.45) is 5.92 Å². The van der Waals surface area contributed by atoms with Crippen LogP contribution in [-0.2, 0) is 0 Å². The molecule has 0 saturated heterocycles. The maximum absolute atomic E-state index is 13.6. The van der Waals surface area contributed by atoms with Gasteiger partial charge in [-0.2, -0.15) is 0 Å². The summed E-state index contributed by atoms with van der Waals surface area (Å²) in [6.07, 6.45) is 3.65. The normalized spacial score (nSPS) is 27.6. The van der Waals surface area contributed by atoms with Crippen molar-refractivity contribution in [3.63, 3.8) is 0 Å². The van der Waals surface area contributed by atoms with Gasteiger partial charge in [0.15, 0.2) is 0 Å². The average Bonchev–Trinajstić information content (AvgIpc) is 2.45. The topological polar surface area (TPSA) is 32.3 Å². The molecule has 0 radical (unpaired) electrons. The number of hydrogen-bond acceptors (Lipinski definition) is 2. The van der Waals surface area contributed by atoms with Crippen molar-refractivity contribution >= 4 is 23.2 Å². The Balaban J connectivity index is 2.02. The van der Waals surface area contributed by atoms with Crippen LogP contribution in [0.15, 0.2) is 12.1 Å². The zero-order chi connectivity index (χ0) is 15.6. The summed E-state index contributed by atoms with van der Waals surface area (Å²) in [5.41, 5.74) is -0.140. The van der Waals surface area contributed by atoms with E-state index in [2.05, 4.69) is 12.2 Å². The van der Waals surface area contributed by atoms with Gasteiger partial charge in [0.25, 0.3) is 0 Å². The fourth-order valence-electron chi connectivity index (χ4n) is 2.86. The Morgan fingerprint density at radius 1 is 1.38 bits per heavy atom. The molecule has 0 amide bonds. The molecule has 0 aliphatic heterocycles. The van der Waals surface area contributed by atoms with Gasteiger partial charge in [0, 0.05) is 23.2 Å².